The first-order valence-corrected chi connectivity index (χ1v) is 6.48. The minimum absolute atomic E-state index is 0.355. The van der Waals surface area contributed by atoms with Crippen LogP contribution in [0, 0.1) is 0 Å². The van der Waals surface area contributed by atoms with Crippen molar-refractivity contribution in [3.8, 4) is 5.75 Å². The van der Waals surface area contributed by atoms with Gasteiger partial charge in [0.15, 0.2) is 0 Å². The molecule has 0 radical (unpaired) electrons. The summed E-state index contributed by atoms with van der Waals surface area (Å²) in [5, 5.41) is 29.9. The molecule has 4 N–H and O–H groups in total. The summed E-state index contributed by atoms with van der Waals surface area (Å²) >= 11 is 0. The van der Waals surface area contributed by atoms with Gasteiger partial charge in [-0.05, 0) is 30.7 Å². The molecule has 0 fully saturated rings. The van der Waals surface area contributed by atoms with Crippen LogP contribution in [-0.4, -0.2) is 53.2 Å². The Bertz CT molecular complexity index is 406. The summed E-state index contributed by atoms with van der Waals surface area (Å²) in [6.07, 6.45) is 0.897. The maximum absolute atomic E-state index is 12.0. The molecule has 0 aliphatic carbocycles. The minimum atomic E-state index is -1.42. The molecule has 0 unspecified atom stereocenters. The van der Waals surface area contributed by atoms with E-state index in [1.165, 1.54) is 0 Å². The van der Waals surface area contributed by atoms with Crippen molar-refractivity contribution >= 4 is 5.91 Å². The van der Waals surface area contributed by atoms with Gasteiger partial charge in [0.25, 0.3) is 5.91 Å². The van der Waals surface area contributed by atoms with Crippen molar-refractivity contribution in [1.29, 1.82) is 0 Å². The van der Waals surface area contributed by atoms with E-state index in [-0.39, 0.29) is 0 Å². The Kier molecular flexibility index (Phi) is 6.44. The van der Waals surface area contributed by atoms with Gasteiger partial charge in [0.1, 0.15) is 11.3 Å². The second-order valence-corrected chi connectivity index (χ2v) is 4.58. The SMILES string of the molecule is CCCOc1ccc(C(=O)NC(CO)(CO)CO)cc1. The molecular formula is C14H21NO5. The number of benzene rings is 1. The molecule has 0 aliphatic heterocycles. The van der Waals surface area contributed by atoms with Gasteiger partial charge in [-0.1, -0.05) is 6.92 Å². The second kappa shape index (κ2) is 7.84. The number of amides is 1. The van der Waals surface area contributed by atoms with E-state index in [4.69, 9.17) is 20.1 Å². The predicted molar refractivity (Wildman–Crippen MR) is 73.7 cm³/mol. The van der Waals surface area contributed by atoms with Crippen LogP contribution in [0.2, 0.25) is 0 Å². The van der Waals surface area contributed by atoms with E-state index in [2.05, 4.69) is 5.32 Å². The fourth-order valence-corrected chi connectivity index (χ4v) is 1.50. The van der Waals surface area contributed by atoms with Crippen molar-refractivity contribution in [2.45, 2.75) is 18.9 Å². The highest BCUT2D eigenvalue weighted by atomic mass is 16.5. The third-order valence-electron chi connectivity index (χ3n) is 2.88. The number of carbonyl (C=O) groups is 1. The van der Waals surface area contributed by atoms with Crippen LogP contribution >= 0.6 is 0 Å². The van der Waals surface area contributed by atoms with Gasteiger partial charge in [0.05, 0.1) is 26.4 Å². The molecule has 1 aromatic rings. The van der Waals surface area contributed by atoms with Crippen molar-refractivity contribution in [3.05, 3.63) is 29.8 Å². The van der Waals surface area contributed by atoms with Crippen LogP contribution in [0.15, 0.2) is 24.3 Å². The van der Waals surface area contributed by atoms with Gasteiger partial charge in [-0.2, -0.15) is 0 Å². The Hall–Kier alpha value is -1.63. The summed E-state index contributed by atoms with van der Waals surface area (Å²) in [7, 11) is 0. The Morgan fingerprint density at radius 3 is 2.15 bits per heavy atom. The lowest BCUT2D eigenvalue weighted by Gasteiger charge is -2.28. The molecule has 6 nitrogen and oxygen atoms in total. The molecule has 0 bridgehead atoms. The quantitative estimate of drug-likeness (QED) is 0.535. The minimum Gasteiger partial charge on any atom is -0.494 e. The monoisotopic (exact) mass is 283 g/mol. The van der Waals surface area contributed by atoms with Gasteiger partial charge in [0, 0.05) is 5.56 Å². The number of nitrogens with one attached hydrogen (secondary N) is 1. The maximum Gasteiger partial charge on any atom is 0.251 e. The number of hydrogen-bond acceptors (Lipinski definition) is 5. The predicted octanol–water partition coefficient (Wildman–Crippen LogP) is -0.0791. The molecule has 0 aromatic heterocycles. The highest BCUT2D eigenvalue weighted by Gasteiger charge is 2.30. The fraction of sp³-hybridized carbons (Fsp3) is 0.500. The highest BCUT2D eigenvalue weighted by Crippen LogP contribution is 2.13. The number of hydrogen-bond donors (Lipinski definition) is 4. The van der Waals surface area contributed by atoms with Gasteiger partial charge in [-0.25, -0.2) is 0 Å². The van der Waals surface area contributed by atoms with Gasteiger partial charge in [0.2, 0.25) is 0 Å². The Morgan fingerprint density at radius 1 is 1.15 bits per heavy atom. The average molecular weight is 283 g/mol. The Labute approximate surface area is 118 Å². The number of rotatable bonds is 8. The summed E-state index contributed by atoms with van der Waals surface area (Å²) in [6.45, 7) is 0.949. The lowest BCUT2D eigenvalue weighted by molar-refractivity contribution is 0.0375. The van der Waals surface area contributed by atoms with Crippen LogP contribution in [0.4, 0.5) is 0 Å². The van der Waals surface area contributed by atoms with Crippen molar-refractivity contribution in [2.24, 2.45) is 0 Å². The zero-order valence-electron chi connectivity index (χ0n) is 11.5. The van der Waals surface area contributed by atoms with Crippen molar-refractivity contribution in [1.82, 2.24) is 5.32 Å². The standard InChI is InChI=1S/C14H21NO5/c1-2-7-20-12-5-3-11(4-6-12)13(19)15-14(8-16,9-17)10-18/h3-6,16-18H,2,7-10H2,1H3,(H,15,19). The third-order valence-corrected chi connectivity index (χ3v) is 2.88. The van der Waals surface area contributed by atoms with Crippen molar-refractivity contribution in [3.63, 3.8) is 0 Å². The van der Waals surface area contributed by atoms with Crippen LogP contribution in [0.25, 0.3) is 0 Å². The van der Waals surface area contributed by atoms with Crippen molar-refractivity contribution < 1.29 is 24.9 Å². The Balaban J connectivity index is 2.72. The lowest BCUT2D eigenvalue weighted by atomic mass is 10.0. The van der Waals surface area contributed by atoms with E-state index >= 15 is 0 Å². The molecule has 112 valence electrons. The first kappa shape index (κ1) is 16.4. The van der Waals surface area contributed by atoms with Crippen LogP contribution < -0.4 is 10.1 Å². The van der Waals surface area contributed by atoms with E-state index in [0.717, 1.165) is 6.42 Å². The molecule has 0 saturated carbocycles. The third kappa shape index (κ3) is 4.19. The fourth-order valence-electron chi connectivity index (χ4n) is 1.50. The van der Waals surface area contributed by atoms with Gasteiger partial charge in [-0.15, -0.1) is 0 Å². The molecule has 6 heteroatoms. The second-order valence-electron chi connectivity index (χ2n) is 4.58. The van der Waals surface area contributed by atoms with E-state index < -0.39 is 31.3 Å². The zero-order chi connectivity index (χ0) is 15.0. The number of ether oxygens (including phenoxy) is 1. The number of aliphatic hydroxyl groups is 3. The van der Waals surface area contributed by atoms with E-state index in [1.54, 1.807) is 24.3 Å². The maximum atomic E-state index is 12.0. The molecule has 1 amide bonds. The average Bonchev–Trinajstić information content (AvgIpc) is 2.51. The molecule has 0 spiro atoms. The molecule has 0 saturated heterocycles. The normalized spacial score (nSPS) is 11.2. The number of aliphatic hydroxyl groups excluding tert-OH is 3. The van der Waals surface area contributed by atoms with E-state index in [1.807, 2.05) is 6.92 Å². The summed E-state index contributed by atoms with van der Waals surface area (Å²) in [6, 6.07) is 6.50. The topological polar surface area (TPSA) is 99.0 Å². The smallest absolute Gasteiger partial charge is 0.251 e. The Morgan fingerprint density at radius 2 is 1.70 bits per heavy atom. The molecule has 0 atom stereocenters. The first-order chi connectivity index (χ1) is 9.60. The van der Waals surface area contributed by atoms with Crippen LogP contribution in [0.5, 0.6) is 5.75 Å². The van der Waals surface area contributed by atoms with Gasteiger partial charge < -0.3 is 25.4 Å². The largest absolute Gasteiger partial charge is 0.494 e. The van der Waals surface area contributed by atoms with E-state index in [9.17, 15) is 4.79 Å². The van der Waals surface area contributed by atoms with Crippen molar-refractivity contribution in [2.75, 3.05) is 26.4 Å². The molecule has 0 heterocycles. The molecular weight excluding hydrogens is 262 g/mol. The lowest BCUT2D eigenvalue weighted by Crippen LogP contribution is -2.57. The highest BCUT2D eigenvalue weighted by molar-refractivity contribution is 5.94. The first-order valence-electron chi connectivity index (χ1n) is 6.48. The van der Waals surface area contributed by atoms with Crippen LogP contribution in [0.1, 0.15) is 23.7 Å². The zero-order valence-corrected chi connectivity index (χ0v) is 11.5. The van der Waals surface area contributed by atoms with E-state index in [0.29, 0.717) is 17.9 Å². The van der Waals surface area contributed by atoms with Gasteiger partial charge >= 0.3 is 0 Å². The molecule has 20 heavy (non-hydrogen) atoms. The summed E-state index contributed by atoms with van der Waals surface area (Å²) in [5.41, 5.74) is -1.07. The number of carbonyl (C=O) groups excluding carboxylic acids is 1. The van der Waals surface area contributed by atoms with Crippen LogP contribution in [0.3, 0.4) is 0 Å². The van der Waals surface area contributed by atoms with Gasteiger partial charge in [-0.3, -0.25) is 4.79 Å². The molecule has 0 aliphatic rings. The summed E-state index contributed by atoms with van der Waals surface area (Å²) in [4.78, 5) is 12.0. The molecule has 1 aromatic carbocycles. The summed E-state index contributed by atoms with van der Waals surface area (Å²) < 4.78 is 5.40. The van der Waals surface area contributed by atoms with Crippen LogP contribution in [-0.2, 0) is 0 Å². The summed E-state index contributed by atoms with van der Waals surface area (Å²) in [5.74, 6) is 0.185. The molecule has 1 rings (SSSR count).